The zero-order valence-corrected chi connectivity index (χ0v) is 12.3. The molecule has 0 amide bonds. The fourth-order valence-corrected chi connectivity index (χ4v) is 1.33. The van der Waals surface area contributed by atoms with Gasteiger partial charge in [0.15, 0.2) is 6.61 Å². The van der Waals surface area contributed by atoms with Crippen LogP contribution in [0.2, 0.25) is 0 Å². The van der Waals surface area contributed by atoms with Crippen LogP contribution in [0.15, 0.2) is 0 Å². The normalized spacial score (nSPS) is 13.1. The van der Waals surface area contributed by atoms with Crippen molar-refractivity contribution in [3.05, 3.63) is 0 Å². The van der Waals surface area contributed by atoms with Crippen molar-refractivity contribution in [2.75, 3.05) is 13.2 Å². The first-order valence-electron chi connectivity index (χ1n) is 6.52. The van der Waals surface area contributed by atoms with Crippen molar-refractivity contribution in [1.29, 1.82) is 0 Å². The topological polar surface area (TPSA) is 52.6 Å². The average Bonchev–Trinajstić information content (AvgIpc) is 2.45. The van der Waals surface area contributed by atoms with E-state index in [-0.39, 0.29) is 19.4 Å². The van der Waals surface area contributed by atoms with Crippen molar-refractivity contribution in [1.82, 2.24) is 0 Å². The maximum absolute atomic E-state index is 13.1. The number of esters is 2. The Hall–Kier alpha value is -1.62. The highest BCUT2D eigenvalue weighted by molar-refractivity contribution is 5.72. The van der Waals surface area contributed by atoms with Gasteiger partial charge in [0.05, 0.1) is 6.61 Å². The molecule has 0 bridgehead atoms. The Bertz CT molecular complexity index is 439. The van der Waals surface area contributed by atoms with Gasteiger partial charge in [0.1, 0.15) is 0 Å². The maximum atomic E-state index is 13.1. The van der Waals surface area contributed by atoms with Gasteiger partial charge in [-0.25, -0.2) is 8.78 Å². The van der Waals surface area contributed by atoms with Crippen LogP contribution in [0.5, 0.6) is 0 Å². The number of carbonyl (C=O) groups is 2. The molecule has 0 unspecified atom stereocenters. The van der Waals surface area contributed by atoms with Crippen molar-refractivity contribution >= 4 is 11.9 Å². The lowest BCUT2D eigenvalue weighted by molar-refractivity contribution is -0.344. The number of rotatable bonds is 10. The van der Waals surface area contributed by atoms with Crippen LogP contribution in [-0.2, 0) is 19.1 Å². The van der Waals surface area contributed by atoms with Crippen molar-refractivity contribution < 1.29 is 54.2 Å². The molecule has 0 radical (unpaired) electrons. The third-order valence-electron chi connectivity index (χ3n) is 2.63. The maximum Gasteiger partial charge on any atom is 0.381 e. The predicted molar refractivity (Wildman–Crippen MR) is 62.3 cm³/mol. The van der Waals surface area contributed by atoms with Gasteiger partial charge in [-0.05, 0) is 13.3 Å². The SMILES string of the molecule is CCOC(=O)CCCC(=O)OCC(F)(F)C(F)(F)C(F)(F)C(F)F. The van der Waals surface area contributed by atoms with E-state index in [2.05, 4.69) is 9.47 Å². The zero-order chi connectivity index (χ0) is 19.2. The minimum Gasteiger partial charge on any atom is -0.466 e. The molecule has 12 heteroatoms. The average molecular weight is 374 g/mol. The smallest absolute Gasteiger partial charge is 0.381 e. The Balaban J connectivity index is 4.56. The van der Waals surface area contributed by atoms with E-state index in [4.69, 9.17) is 0 Å². The Morgan fingerprint density at radius 3 is 1.79 bits per heavy atom. The molecule has 0 N–H and O–H groups in total. The van der Waals surface area contributed by atoms with Crippen LogP contribution < -0.4 is 0 Å². The first kappa shape index (κ1) is 22.4. The summed E-state index contributed by atoms with van der Waals surface area (Å²) in [5.74, 6) is -20.7. The Morgan fingerprint density at radius 2 is 1.38 bits per heavy atom. The number of alkyl halides is 8. The summed E-state index contributed by atoms with van der Waals surface area (Å²) in [5.41, 5.74) is 0. The quantitative estimate of drug-likeness (QED) is 0.434. The van der Waals surface area contributed by atoms with Gasteiger partial charge in [-0.3, -0.25) is 9.59 Å². The number of halogens is 8. The Labute approximate surface area is 131 Å². The summed E-state index contributed by atoms with van der Waals surface area (Å²) in [6, 6.07) is 0. The molecule has 0 spiro atoms. The molecule has 0 atom stereocenters. The molecule has 142 valence electrons. The van der Waals surface area contributed by atoms with E-state index >= 15 is 0 Å². The lowest BCUT2D eigenvalue weighted by atomic mass is 10.1. The molecule has 0 aliphatic heterocycles. The predicted octanol–water partition coefficient (Wildman–Crippen LogP) is 3.43. The highest BCUT2D eigenvalue weighted by Gasteiger charge is 2.75. The first-order valence-corrected chi connectivity index (χ1v) is 6.52. The van der Waals surface area contributed by atoms with E-state index in [9.17, 15) is 44.7 Å². The molecular weight excluding hydrogens is 360 g/mol. The van der Waals surface area contributed by atoms with Gasteiger partial charge in [-0.2, -0.15) is 26.3 Å². The molecule has 0 fully saturated rings. The molecule has 0 aromatic rings. The minimum atomic E-state index is -6.43. The summed E-state index contributed by atoms with van der Waals surface area (Å²) in [4.78, 5) is 22.0. The van der Waals surface area contributed by atoms with E-state index in [1.54, 1.807) is 0 Å². The van der Waals surface area contributed by atoms with Gasteiger partial charge in [-0.15, -0.1) is 0 Å². The lowest BCUT2D eigenvalue weighted by Gasteiger charge is -2.31. The molecule has 0 aromatic heterocycles. The number of hydrogen-bond donors (Lipinski definition) is 0. The summed E-state index contributed by atoms with van der Waals surface area (Å²) >= 11 is 0. The van der Waals surface area contributed by atoms with Gasteiger partial charge < -0.3 is 9.47 Å². The summed E-state index contributed by atoms with van der Waals surface area (Å²) < 4.78 is 109. The third-order valence-corrected chi connectivity index (χ3v) is 2.63. The van der Waals surface area contributed by atoms with Crippen LogP contribution in [0, 0.1) is 0 Å². The Kier molecular flexibility index (Phi) is 7.90. The molecule has 0 saturated carbocycles. The van der Waals surface area contributed by atoms with E-state index < -0.39 is 49.2 Å². The standard InChI is InChI=1S/C12H14F8O4/c1-2-23-7(21)4-3-5-8(22)24-6-10(15,16)12(19,20)11(17,18)9(13)14/h9H,2-6H2,1H3. The second kappa shape index (κ2) is 8.47. The van der Waals surface area contributed by atoms with Gasteiger partial charge in [0.25, 0.3) is 0 Å². The van der Waals surface area contributed by atoms with Crippen LogP contribution in [0.3, 0.4) is 0 Å². The molecule has 0 saturated heterocycles. The fraction of sp³-hybridized carbons (Fsp3) is 0.833. The van der Waals surface area contributed by atoms with Crippen molar-refractivity contribution in [2.45, 2.75) is 50.4 Å². The van der Waals surface area contributed by atoms with Crippen LogP contribution in [0.1, 0.15) is 26.2 Å². The van der Waals surface area contributed by atoms with Gasteiger partial charge >= 0.3 is 36.1 Å². The molecule has 24 heavy (non-hydrogen) atoms. The summed E-state index contributed by atoms with van der Waals surface area (Å²) in [6.45, 7) is -0.951. The zero-order valence-electron chi connectivity index (χ0n) is 12.3. The molecule has 0 aliphatic carbocycles. The number of carbonyl (C=O) groups excluding carboxylic acids is 2. The van der Waals surface area contributed by atoms with Gasteiger partial charge in [0, 0.05) is 12.8 Å². The summed E-state index contributed by atoms with van der Waals surface area (Å²) in [6.07, 6.45) is -6.23. The first-order chi connectivity index (χ1) is 10.8. The molecule has 0 heterocycles. The second-order valence-corrected chi connectivity index (χ2v) is 4.52. The highest BCUT2D eigenvalue weighted by Crippen LogP contribution is 2.48. The van der Waals surface area contributed by atoms with E-state index in [1.807, 2.05) is 0 Å². The van der Waals surface area contributed by atoms with Gasteiger partial charge in [0.2, 0.25) is 0 Å². The molecular formula is C12H14F8O4. The molecule has 0 aromatic carbocycles. The van der Waals surface area contributed by atoms with E-state index in [0.29, 0.717) is 0 Å². The van der Waals surface area contributed by atoms with Crippen LogP contribution in [-0.4, -0.2) is 49.3 Å². The number of hydrogen-bond acceptors (Lipinski definition) is 4. The minimum absolute atomic E-state index is 0.0585. The van der Waals surface area contributed by atoms with Crippen LogP contribution in [0.4, 0.5) is 35.1 Å². The monoisotopic (exact) mass is 374 g/mol. The summed E-state index contributed by atoms with van der Waals surface area (Å²) in [7, 11) is 0. The summed E-state index contributed by atoms with van der Waals surface area (Å²) in [5, 5.41) is 0. The third kappa shape index (κ3) is 5.48. The van der Waals surface area contributed by atoms with Crippen molar-refractivity contribution in [3.63, 3.8) is 0 Å². The van der Waals surface area contributed by atoms with E-state index in [1.165, 1.54) is 6.92 Å². The second-order valence-electron chi connectivity index (χ2n) is 4.52. The number of ether oxygens (including phenoxy) is 2. The highest BCUT2D eigenvalue weighted by atomic mass is 19.4. The molecule has 4 nitrogen and oxygen atoms in total. The van der Waals surface area contributed by atoms with E-state index in [0.717, 1.165) is 0 Å². The van der Waals surface area contributed by atoms with Crippen molar-refractivity contribution in [2.24, 2.45) is 0 Å². The lowest BCUT2D eigenvalue weighted by Crippen LogP contribution is -2.59. The molecule has 0 aliphatic rings. The largest absolute Gasteiger partial charge is 0.466 e. The van der Waals surface area contributed by atoms with Crippen LogP contribution in [0.25, 0.3) is 0 Å². The van der Waals surface area contributed by atoms with Crippen molar-refractivity contribution in [3.8, 4) is 0 Å². The van der Waals surface area contributed by atoms with Gasteiger partial charge in [-0.1, -0.05) is 0 Å². The van der Waals surface area contributed by atoms with Crippen LogP contribution >= 0.6 is 0 Å². The molecule has 0 rings (SSSR count). The fourth-order valence-electron chi connectivity index (χ4n) is 1.33. The Morgan fingerprint density at radius 1 is 0.917 bits per heavy atom.